The predicted molar refractivity (Wildman–Crippen MR) is 79.8 cm³/mol. The number of nitrogens with two attached hydrogens (primary N) is 1. The van der Waals surface area contributed by atoms with Crippen molar-refractivity contribution < 1.29 is 13.2 Å². The average molecular weight is 310 g/mol. The van der Waals surface area contributed by atoms with E-state index in [9.17, 15) is 8.42 Å². The Kier molecular flexibility index (Phi) is 4.49. The summed E-state index contributed by atoms with van der Waals surface area (Å²) in [5.41, 5.74) is 0. The highest BCUT2D eigenvalue weighted by Gasteiger charge is 2.07. The summed E-state index contributed by atoms with van der Waals surface area (Å²) < 4.78 is 29.6. The molecule has 0 amide bonds. The van der Waals surface area contributed by atoms with Gasteiger partial charge in [0.1, 0.15) is 18.2 Å². The van der Waals surface area contributed by atoms with Crippen molar-refractivity contribution in [1.82, 2.24) is 9.78 Å². The summed E-state index contributed by atoms with van der Waals surface area (Å²) in [5.74, 6) is 1.46. The molecule has 1 heterocycles. The van der Waals surface area contributed by atoms with E-state index in [-0.39, 0.29) is 4.90 Å². The van der Waals surface area contributed by atoms with Gasteiger partial charge in [-0.15, -0.1) is 0 Å². The van der Waals surface area contributed by atoms with E-state index in [0.717, 1.165) is 5.82 Å². The number of nitrogens with zero attached hydrogens (tertiary/aromatic N) is 3. The van der Waals surface area contributed by atoms with E-state index in [1.165, 1.54) is 12.1 Å². The minimum absolute atomic E-state index is 0.0699. The van der Waals surface area contributed by atoms with E-state index >= 15 is 0 Å². The van der Waals surface area contributed by atoms with Crippen LogP contribution in [0.1, 0.15) is 0 Å². The van der Waals surface area contributed by atoms with Crippen molar-refractivity contribution in [2.75, 3.05) is 25.1 Å². The minimum Gasteiger partial charge on any atom is -0.492 e. The molecule has 21 heavy (non-hydrogen) atoms. The van der Waals surface area contributed by atoms with E-state index < -0.39 is 10.0 Å². The molecule has 0 saturated heterocycles. The van der Waals surface area contributed by atoms with Crippen LogP contribution < -0.4 is 14.8 Å². The maximum Gasteiger partial charge on any atom is 0.238 e. The van der Waals surface area contributed by atoms with Crippen LogP contribution in [0.3, 0.4) is 0 Å². The molecule has 0 atom stereocenters. The first kappa shape index (κ1) is 15.3. The average Bonchev–Trinajstić information content (AvgIpc) is 2.85. The summed E-state index contributed by atoms with van der Waals surface area (Å²) in [6.07, 6.45) is 1.87. The monoisotopic (exact) mass is 310 g/mol. The molecule has 114 valence electrons. The van der Waals surface area contributed by atoms with Crippen LogP contribution in [0.2, 0.25) is 0 Å². The molecule has 1 aromatic heterocycles. The summed E-state index contributed by atoms with van der Waals surface area (Å²) >= 11 is 0. The fourth-order valence-corrected chi connectivity index (χ4v) is 2.26. The smallest absolute Gasteiger partial charge is 0.238 e. The van der Waals surface area contributed by atoms with Crippen molar-refractivity contribution in [3.05, 3.63) is 36.5 Å². The fourth-order valence-electron chi connectivity index (χ4n) is 1.75. The van der Waals surface area contributed by atoms with Gasteiger partial charge in [-0.3, -0.25) is 4.68 Å². The third kappa shape index (κ3) is 4.20. The molecule has 2 rings (SSSR count). The van der Waals surface area contributed by atoms with Crippen LogP contribution in [0.15, 0.2) is 41.4 Å². The number of benzene rings is 1. The van der Waals surface area contributed by atoms with Crippen LogP contribution in [-0.4, -0.2) is 38.4 Å². The Hall–Kier alpha value is -2.06. The maximum absolute atomic E-state index is 11.1. The third-order valence-corrected chi connectivity index (χ3v) is 3.87. The quantitative estimate of drug-likeness (QED) is 0.843. The highest BCUT2D eigenvalue weighted by Crippen LogP contribution is 2.15. The molecule has 0 radical (unpaired) electrons. The Balaban J connectivity index is 1.86. The largest absolute Gasteiger partial charge is 0.492 e. The van der Waals surface area contributed by atoms with E-state index in [1.54, 1.807) is 16.8 Å². The number of primary sulfonamides is 1. The predicted octanol–water partition coefficient (Wildman–Crippen LogP) is 0.583. The molecule has 0 aliphatic heterocycles. The summed E-state index contributed by atoms with van der Waals surface area (Å²) in [4.78, 5) is 2.04. The van der Waals surface area contributed by atoms with Crippen LogP contribution in [0.4, 0.5) is 5.82 Å². The lowest BCUT2D eigenvalue weighted by Gasteiger charge is -2.16. The zero-order valence-electron chi connectivity index (χ0n) is 11.9. The van der Waals surface area contributed by atoms with Crippen molar-refractivity contribution in [2.24, 2.45) is 12.2 Å². The Bertz CT molecular complexity index is 694. The molecule has 7 nitrogen and oxygen atoms in total. The zero-order chi connectivity index (χ0) is 15.5. The number of likely N-dealkylation sites (N-methyl/N-ethyl adjacent to an activating group) is 1. The van der Waals surface area contributed by atoms with Crippen molar-refractivity contribution in [3.8, 4) is 5.75 Å². The molecule has 0 spiro atoms. The first-order valence-corrected chi connectivity index (χ1v) is 7.87. The van der Waals surface area contributed by atoms with Gasteiger partial charge in [0.05, 0.1) is 11.4 Å². The molecule has 0 aliphatic carbocycles. The van der Waals surface area contributed by atoms with Crippen molar-refractivity contribution >= 4 is 15.8 Å². The number of hydrogen-bond acceptors (Lipinski definition) is 5. The molecule has 0 aliphatic rings. The van der Waals surface area contributed by atoms with E-state index in [4.69, 9.17) is 9.88 Å². The summed E-state index contributed by atoms with van der Waals surface area (Å²) in [5, 5.41) is 9.31. The second-order valence-electron chi connectivity index (χ2n) is 4.63. The van der Waals surface area contributed by atoms with E-state index in [0.29, 0.717) is 18.9 Å². The van der Waals surface area contributed by atoms with Crippen molar-refractivity contribution in [2.45, 2.75) is 4.90 Å². The second-order valence-corrected chi connectivity index (χ2v) is 6.20. The Morgan fingerprint density at radius 2 is 1.95 bits per heavy atom. The van der Waals surface area contributed by atoms with Crippen LogP contribution in [-0.2, 0) is 17.1 Å². The molecule has 8 heteroatoms. The van der Waals surface area contributed by atoms with E-state index in [2.05, 4.69) is 5.10 Å². The molecule has 0 saturated carbocycles. The minimum atomic E-state index is -3.66. The van der Waals surface area contributed by atoms with E-state index in [1.807, 2.05) is 31.3 Å². The van der Waals surface area contributed by atoms with Gasteiger partial charge in [-0.25, -0.2) is 13.6 Å². The number of ether oxygens (including phenoxy) is 1. The number of aryl methyl sites for hydroxylation is 1. The zero-order valence-corrected chi connectivity index (χ0v) is 12.7. The SMILES string of the molecule is CN(CCOc1ccc(S(N)(=O)=O)cc1)c1ccn(C)n1. The molecular formula is C13H18N4O3S. The van der Waals surface area contributed by atoms with Gasteiger partial charge in [0.25, 0.3) is 0 Å². The van der Waals surface area contributed by atoms with Gasteiger partial charge in [-0.05, 0) is 24.3 Å². The van der Waals surface area contributed by atoms with Gasteiger partial charge in [-0.1, -0.05) is 0 Å². The normalized spacial score (nSPS) is 11.4. The molecule has 0 bridgehead atoms. The molecule has 0 fully saturated rings. The number of hydrogen-bond donors (Lipinski definition) is 1. The van der Waals surface area contributed by atoms with Crippen LogP contribution in [0.25, 0.3) is 0 Å². The van der Waals surface area contributed by atoms with Crippen molar-refractivity contribution in [1.29, 1.82) is 0 Å². The molecule has 2 N–H and O–H groups in total. The second kappa shape index (κ2) is 6.15. The standard InChI is InChI=1S/C13H18N4O3S/c1-16(13-7-8-17(2)15-13)9-10-20-11-3-5-12(6-4-11)21(14,18)19/h3-8H,9-10H2,1-2H3,(H2,14,18,19). The summed E-state index contributed by atoms with van der Waals surface area (Å²) in [7, 11) is 0.127. The lowest BCUT2D eigenvalue weighted by atomic mass is 10.3. The molecular weight excluding hydrogens is 292 g/mol. The van der Waals surface area contributed by atoms with Gasteiger partial charge in [-0.2, -0.15) is 5.10 Å². The molecule has 2 aromatic rings. The van der Waals surface area contributed by atoms with Gasteiger partial charge in [0, 0.05) is 26.4 Å². The Morgan fingerprint density at radius 3 is 2.48 bits per heavy atom. The first-order chi connectivity index (χ1) is 9.86. The van der Waals surface area contributed by atoms with Gasteiger partial charge >= 0.3 is 0 Å². The number of sulfonamides is 1. The topological polar surface area (TPSA) is 90.5 Å². The summed E-state index contributed by atoms with van der Waals surface area (Å²) in [6, 6.07) is 7.93. The highest BCUT2D eigenvalue weighted by molar-refractivity contribution is 7.89. The number of anilines is 1. The Labute approximate surface area is 124 Å². The highest BCUT2D eigenvalue weighted by atomic mass is 32.2. The summed E-state index contributed by atoms with van der Waals surface area (Å²) in [6.45, 7) is 1.12. The third-order valence-electron chi connectivity index (χ3n) is 2.94. The van der Waals surface area contributed by atoms with Crippen LogP contribution in [0, 0.1) is 0 Å². The van der Waals surface area contributed by atoms with Gasteiger partial charge in [0.2, 0.25) is 10.0 Å². The van der Waals surface area contributed by atoms with Gasteiger partial charge in [0.15, 0.2) is 0 Å². The van der Waals surface area contributed by atoms with Crippen LogP contribution in [0.5, 0.6) is 5.75 Å². The lowest BCUT2D eigenvalue weighted by molar-refractivity contribution is 0.325. The van der Waals surface area contributed by atoms with Crippen molar-refractivity contribution in [3.63, 3.8) is 0 Å². The lowest BCUT2D eigenvalue weighted by Crippen LogP contribution is -2.24. The Morgan fingerprint density at radius 1 is 1.29 bits per heavy atom. The number of aromatic nitrogens is 2. The fraction of sp³-hybridized carbons (Fsp3) is 0.308. The first-order valence-electron chi connectivity index (χ1n) is 6.33. The molecule has 1 aromatic carbocycles. The molecule has 0 unspecified atom stereocenters. The maximum atomic E-state index is 11.1. The number of rotatable bonds is 6. The van der Waals surface area contributed by atoms with Crippen LogP contribution >= 0.6 is 0 Å². The van der Waals surface area contributed by atoms with Gasteiger partial charge < -0.3 is 9.64 Å².